The predicted molar refractivity (Wildman–Crippen MR) is 131 cm³/mol. The van der Waals surface area contributed by atoms with Gasteiger partial charge in [0.25, 0.3) is 0 Å². The molecule has 2 saturated heterocycles. The third kappa shape index (κ3) is 15.3. The standard InChI is InChI=1S/C17H22N4OS.3C2HF3O2/c1-2-14(9-18-3-1)13-22-16-8-15-10-20(5-6-21(15)11-16)12-17-19-4-7-23-17;3*3-2(4,5)1(6)7/h1-4,7,9,15-16H,5-6,8,10-13H2;3*(H,6,7). The average molecular weight is 673 g/mol. The molecule has 3 N–H and O–H groups in total. The molecule has 2 aliphatic heterocycles. The molecule has 4 heterocycles. The number of nitrogens with zero attached hydrogens (tertiary/aromatic N) is 4. The number of thiazole rings is 1. The van der Waals surface area contributed by atoms with Crippen LogP contribution in [0.2, 0.25) is 0 Å². The summed E-state index contributed by atoms with van der Waals surface area (Å²) >= 11 is 1.75. The van der Waals surface area contributed by atoms with E-state index in [1.54, 1.807) is 17.5 Å². The van der Waals surface area contributed by atoms with Crippen LogP contribution in [0.5, 0.6) is 0 Å². The molecule has 2 atom stereocenters. The van der Waals surface area contributed by atoms with Crippen LogP contribution in [0.25, 0.3) is 0 Å². The van der Waals surface area contributed by atoms with E-state index in [2.05, 4.69) is 31.2 Å². The highest BCUT2D eigenvalue weighted by Gasteiger charge is 2.40. The number of pyridine rings is 1. The molecule has 2 aliphatic rings. The smallest absolute Gasteiger partial charge is 0.475 e. The lowest BCUT2D eigenvalue weighted by Gasteiger charge is -2.36. The molecule has 2 aromatic heterocycles. The molecule has 21 heteroatoms. The molecular weight excluding hydrogens is 647 g/mol. The molecule has 0 spiro atoms. The first kappa shape index (κ1) is 38.5. The van der Waals surface area contributed by atoms with E-state index >= 15 is 0 Å². The van der Waals surface area contributed by atoms with Crippen LogP contribution in [0.4, 0.5) is 39.5 Å². The lowest BCUT2D eigenvalue weighted by Crippen LogP contribution is -2.49. The predicted octanol–water partition coefficient (Wildman–Crippen LogP) is 3.91. The number of fused-ring (bicyclic) bond motifs is 1. The summed E-state index contributed by atoms with van der Waals surface area (Å²) in [5, 5.41) is 24.7. The monoisotopic (exact) mass is 672 g/mol. The van der Waals surface area contributed by atoms with Crippen molar-refractivity contribution in [2.24, 2.45) is 0 Å². The van der Waals surface area contributed by atoms with Gasteiger partial charge in [-0.3, -0.25) is 14.8 Å². The van der Waals surface area contributed by atoms with Gasteiger partial charge in [-0.05, 0) is 18.1 Å². The van der Waals surface area contributed by atoms with E-state index in [0.29, 0.717) is 18.8 Å². The minimum Gasteiger partial charge on any atom is -0.475 e. The van der Waals surface area contributed by atoms with E-state index in [-0.39, 0.29) is 0 Å². The Bertz CT molecular complexity index is 1110. The van der Waals surface area contributed by atoms with Crippen LogP contribution >= 0.6 is 11.3 Å². The van der Waals surface area contributed by atoms with Crippen molar-refractivity contribution in [2.75, 3.05) is 26.2 Å². The summed E-state index contributed by atoms with van der Waals surface area (Å²) in [6, 6.07) is 4.67. The number of rotatable bonds is 5. The molecule has 0 saturated carbocycles. The van der Waals surface area contributed by atoms with Crippen LogP contribution in [0.15, 0.2) is 36.1 Å². The molecule has 0 aliphatic carbocycles. The third-order valence-corrected chi connectivity index (χ3v) is 6.20. The van der Waals surface area contributed by atoms with E-state index in [0.717, 1.165) is 44.7 Å². The number of carbonyl (C=O) groups is 3. The highest BCUT2D eigenvalue weighted by molar-refractivity contribution is 7.09. The van der Waals surface area contributed by atoms with Crippen LogP contribution < -0.4 is 0 Å². The van der Waals surface area contributed by atoms with Gasteiger partial charge in [0.2, 0.25) is 0 Å². The first-order chi connectivity index (χ1) is 20.2. The first-order valence-corrected chi connectivity index (χ1v) is 12.8. The van der Waals surface area contributed by atoms with E-state index in [1.807, 2.05) is 18.5 Å². The van der Waals surface area contributed by atoms with Crippen molar-refractivity contribution < 1.29 is 74.0 Å². The van der Waals surface area contributed by atoms with Gasteiger partial charge >= 0.3 is 36.4 Å². The molecule has 2 fully saturated rings. The maximum absolute atomic E-state index is 10.6. The molecule has 0 radical (unpaired) electrons. The van der Waals surface area contributed by atoms with Crippen molar-refractivity contribution in [3.05, 3.63) is 46.7 Å². The molecule has 2 aromatic rings. The Balaban J connectivity index is 0.000000379. The number of alkyl halides is 9. The normalized spacial score (nSPS) is 18.8. The minimum atomic E-state index is -5.08. The number of halogens is 9. The zero-order chi connectivity index (χ0) is 33.7. The summed E-state index contributed by atoms with van der Waals surface area (Å²) in [7, 11) is 0. The second kappa shape index (κ2) is 17.1. The fourth-order valence-electron chi connectivity index (χ4n) is 3.55. The van der Waals surface area contributed by atoms with Crippen molar-refractivity contribution in [1.82, 2.24) is 19.8 Å². The Kier molecular flexibility index (Phi) is 14.9. The number of piperazine rings is 1. The Morgan fingerprint density at radius 1 is 0.886 bits per heavy atom. The minimum absolute atomic E-state index is 0.347. The van der Waals surface area contributed by atoms with E-state index in [4.69, 9.17) is 34.4 Å². The van der Waals surface area contributed by atoms with Gasteiger partial charge in [0, 0.05) is 56.2 Å². The molecule has 11 nitrogen and oxygen atoms in total. The van der Waals surface area contributed by atoms with Crippen molar-refractivity contribution in [1.29, 1.82) is 0 Å². The maximum atomic E-state index is 10.6. The number of aliphatic carboxylic acids is 3. The van der Waals surface area contributed by atoms with Crippen LogP contribution in [0.1, 0.15) is 17.0 Å². The van der Waals surface area contributed by atoms with Gasteiger partial charge < -0.3 is 20.1 Å². The van der Waals surface area contributed by atoms with E-state index in [1.165, 1.54) is 5.01 Å². The number of hydrogen-bond acceptors (Lipinski definition) is 9. The highest BCUT2D eigenvalue weighted by atomic mass is 32.1. The van der Waals surface area contributed by atoms with Crippen molar-refractivity contribution in [2.45, 2.75) is 50.2 Å². The van der Waals surface area contributed by atoms with Gasteiger partial charge in [0.1, 0.15) is 5.01 Å². The molecule has 2 unspecified atom stereocenters. The summed E-state index contributed by atoms with van der Waals surface area (Å²) in [5.41, 5.74) is 1.16. The lowest BCUT2D eigenvalue weighted by molar-refractivity contribution is -0.193. The molecule has 0 bridgehead atoms. The van der Waals surface area contributed by atoms with Crippen LogP contribution in [0, 0.1) is 0 Å². The maximum Gasteiger partial charge on any atom is 0.490 e. The van der Waals surface area contributed by atoms with E-state index in [9.17, 15) is 39.5 Å². The zero-order valence-electron chi connectivity index (χ0n) is 22.1. The van der Waals surface area contributed by atoms with Crippen molar-refractivity contribution in [3.8, 4) is 0 Å². The summed E-state index contributed by atoms with van der Waals surface area (Å²) < 4.78 is 101. The van der Waals surface area contributed by atoms with E-state index < -0.39 is 36.4 Å². The quantitative estimate of drug-likeness (QED) is 0.397. The zero-order valence-corrected chi connectivity index (χ0v) is 23.0. The number of carboxylic acid groups (broad SMARTS) is 3. The summed E-state index contributed by atoms with van der Waals surface area (Å²) in [6.45, 7) is 6.13. The Labute approximate surface area is 246 Å². The van der Waals surface area contributed by atoms with Crippen LogP contribution in [0.3, 0.4) is 0 Å². The summed E-state index contributed by atoms with van der Waals surface area (Å²) in [4.78, 5) is 40.4. The number of aromatic nitrogens is 2. The summed E-state index contributed by atoms with van der Waals surface area (Å²) in [5.74, 6) is -8.27. The SMILES string of the molecule is O=C(O)C(F)(F)F.O=C(O)C(F)(F)F.O=C(O)C(F)(F)F.c1cncc(COC2CC3CN(Cc4nccs4)CCN3C2)c1. The molecule has 4 rings (SSSR count). The Morgan fingerprint density at radius 2 is 1.43 bits per heavy atom. The van der Waals surface area contributed by atoms with Crippen molar-refractivity contribution >= 4 is 29.2 Å². The van der Waals surface area contributed by atoms with Crippen LogP contribution in [-0.2, 0) is 32.3 Å². The van der Waals surface area contributed by atoms with Gasteiger partial charge in [-0.25, -0.2) is 19.4 Å². The lowest BCUT2D eigenvalue weighted by atomic mass is 10.1. The summed E-state index contributed by atoms with van der Waals surface area (Å²) in [6.07, 6.45) is -8.18. The number of hydrogen-bond donors (Lipinski definition) is 3. The Hall–Kier alpha value is -3.56. The molecule has 248 valence electrons. The molecule has 44 heavy (non-hydrogen) atoms. The fourth-order valence-corrected chi connectivity index (χ4v) is 4.20. The van der Waals surface area contributed by atoms with Gasteiger partial charge in [0.05, 0.1) is 19.3 Å². The number of ether oxygens (including phenoxy) is 1. The average Bonchev–Trinajstić information content (AvgIpc) is 3.57. The molecule has 0 aromatic carbocycles. The fraction of sp³-hybridized carbons (Fsp3) is 0.522. The Morgan fingerprint density at radius 3 is 1.86 bits per heavy atom. The van der Waals surface area contributed by atoms with Gasteiger partial charge in [-0.1, -0.05) is 6.07 Å². The second-order valence-electron chi connectivity index (χ2n) is 8.75. The first-order valence-electron chi connectivity index (χ1n) is 12.0. The van der Waals surface area contributed by atoms with Gasteiger partial charge in [-0.2, -0.15) is 39.5 Å². The van der Waals surface area contributed by atoms with Gasteiger partial charge in [-0.15, -0.1) is 11.3 Å². The molecular formula is C23H25F9N4O7S. The van der Waals surface area contributed by atoms with Gasteiger partial charge in [0.15, 0.2) is 0 Å². The topological polar surface area (TPSA) is 153 Å². The third-order valence-electron chi connectivity index (χ3n) is 5.44. The highest BCUT2D eigenvalue weighted by Crippen LogP contribution is 2.26. The van der Waals surface area contributed by atoms with Crippen molar-refractivity contribution in [3.63, 3.8) is 0 Å². The number of carboxylic acids is 3. The largest absolute Gasteiger partial charge is 0.490 e. The molecule has 0 amide bonds. The van der Waals surface area contributed by atoms with Crippen LogP contribution in [-0.4, -0.2) is 110 Å². The second-order valence-corrected chi connectivity index (χ2v) is 9.73.